The summed E-state index contributed by atoms with van der Waals surface area (Å²) >= 11 is 0. The summed E-state index contributed by atoms with van der Waals surface area (Å²) in [5.74, 6) is 0.702. The Hall–Kier alpha value is -1.24. The molecule has 1 atom stereocenters. The molecule has 0 fully saturated rings. The first-order valence-electron chi connectivity index (χ1n) is 5.43. The van der Waals surface area contributed by atoms with E-state index >= 15 is 0 Å². The molecule has 1 heterocycles. The van der Waals surface area contributed by atoms with Crippen LogP contribution in [0.25, 0.3) is 12.2 Å². The topological polar surface area (TPSA) is 15.8 Å². The fourth-order valence-corrected chi connectivity index (χ4v) is 2.50. The van der Waals surface area contributed by atoms with Gasteiger partial charge in [-0.15, -0.1) is 0 Å². The number of H-pyrrole nitrogens is 1. The van der Waals surface area contributed by atoms with Gasteiger partial charge in [0.25, 0.3) is 0 Å². The van der Waals surface area contributed by atoms with E-state index in [1.807, 2.05) is 0 Å². The quantitative estimate of drug-likeness (QED) is 0.639. The molecule has 1 aromatic heterocycles. The summed E-state index contributed by atoms with van der Waals surface area (Å²) in [6.45, 7) is 2.29. The number of fused-ring (bicyclic) bond motifs is 3. The van der Waals surface area contributed by atoms with Crippen LogP contribution in [-0.2, 0) is 12.8 Å². The molecule has 1 nitrogen and oxygen atoms in total. The monoisotopic (exact) mass is 185 g/mol. The first-order valence-corrected chi connectivity index (χ1v) is 5.43. The van der Waals surface area contributed by atoms with Gasteiger partial charge in [-0.25, -0.2) is 0 Å². The van der Waals surface area contributed by atoms with Gasteiger partial charge < -0.3 is 4.98 Å². The molecular formula is C13H15N. The van der Waals surface area contributed by atoms with E-state index in [2.05, 4.69) is 36.2 Å². The van der Waals surface area contributed by atoms with Crippen molar-refractivity contribution in [2.45, 2.75) is 26.2 Å². The van der Waals surface area contributed by atoms with Crippen molar-refractivity contribution in [3.8, 4) is 0 Å². The fourth-order valence-electron chi connectivity index (χ4n) is 2.50. The molecule has 0 saturated carbocycles. The van der Waals surface area contributed by atoms with Crippen molar-refractivity contribution in [1.29, 1.82) is 0 Å². The number of aromatic amines is 1. The molecule has 0 spiro atoms. The Morgan fingerprint density at radius 2 is 2.07 bits per heavy atom. The van der Waals surface area contributed by atoms with Crippen LogP contribution in [0, 0.1) is 5.92 Å². The summed E-state index contributed by atoms with van der Waals surface area (Å²) in [6, 6.07) is 0. The fraction of sp³-hybridized carbons (Fsp3) is 0.385. The molecule has 1 heteroatoms. The summed E-state index contributed by atoms with van der Waals surface area (Å²) in [5, 5.41) is 0. The number of aromatic nitrogens is 1. The smallest absolute Gasteiger partial charge is 0.0417 e. The van der Waals surface area contributed by atoms with Crippen molar-refractivity contribution < 1.29 is 0 Å². The summed E-state index contributed by atoms with van der Waals surface area (Å²) in [5.41, 5.74) is 5.83. The molecule has 2 aliphatic rings. The molecule has 1 N–H and O–H groups in total. The maximum atomic E-state index is 3.50. The van der Waals surface area contributed by atoms with Crippen LogP contribution in [0.2, 0.25) is 0 Å². The van der Waals surface area contributed by atoms with Crippen LogP contribution in [-0.4, -0.2) is 4.98 Å². The van der Waals surface area contributed by atoms with Gasteiger partial charge in [0.1, 0.15) is 0 Å². The average Bonchev–Trinajstić information content (AvgIpc) is 2.56. The summed E-state index contributed by atoms with van der Waals surface area (Å²) in [6.07, 6.45) is 12.7. The van der Waals surface area contributed by atoms with Gasteiger partial charge in [-0.2, -0.15) is 0 Å². The van der Waals surface area contributed by atoms with Crippen molar-refractivity contribution >= 4 is 12.2 Å². The Kier molecular flexibility index (Phi) is 1.66. The third-order valence-corrected chi connectivity index (χ3v) is 3.25. The molecule has 2 aliphatic carbocycles. The number of hydrogen-bond acceptors (Lipinski definition) is 0. The molecule has 72 valence electrons. The van der Waals surface area contributed by atoms with Gasteiger partial charge in [0.2, 0.25) is 0 Å². The maximum absolute atomic E-state index is 3.50. The van der Waals surface area contributed by atoms with E-state index in [4.69, 9.17) is 0 Å². The highest BCUT2D eigenvalue weighted by atomic mass is 14.7. The minimum absolute atomic E-state index is 0.702. The molecule has 0 amide bonds. The van der Waals surface area contributed by atoms with Gasteiger partial charge >= 0.3 is 0 Å². The van der Waals surface area contributed by atoms with Gasteiger partial charge in [-0.3, -0.25) is 0 Å². The van der Waals surface area contributed by atoms with Crippen LogP contribution in [0.1, 0.15) is 35.9 Å². The Morgan fingerprint density at radius 1 is 1.21 bits per heavy atom. The number of allylic oxidation sites excluding steroid dienone is 2. The van der Waals surface area contributed by atoms with E-state index in [1.165, 1.54) is 30.7 Å². The lowest BCUT2D eigenvalue weighted by molar-refractivity contribution is 0.710. The van der Waals surface area contributed by atoms with Crippen molar-refractivity contribution in [2.24, 2.45) is 5.92 Å². The Morgan fingerprint density at radius 3 is 3.00 bits per heavy atom. The lowest BCUT2D eigenvalue weighted by Gasteiger charge is -2.14. The number of hydrogen-bond donors (Lipinski definition) is 1. The van der Waals surface area contributed by atoms with E-state index in [9.17, 15) is 0 Å². The second-order valence-corrected chi connectivity index (χ2v) is 4.39. The molecule has 0 saturated heterocycles. The van der Waals surface area contributed by atoms with Gasteiger partial charge in [0.05, 0.1) is 0 Å². The molecule has 0 bridgehead atoms. The first-order chi connectivity index (χ1) is 6.84. The van der Waals surface area contributed by atoms with Gasteiger partial charge in [0.15, 0.2) is 0 Å². The second-order valence-electron chi connectivity index (χ2n) is 4.39. The van der Waals surface area contributed by atoms with E-state index in [-0.39, 0.29) is 0 Å². The van der Waals surface area contributed by atoms with Crippen LogP contribution < -0.4 is 0 Å². The van der Waals surface area contributed by atoms with Crippen LogP contribution in [0.15, 0.2) is 12.2 Å². The van der Waals surface area contributed by atoms with Crippen molar-refractivity contribution in [2.75, 3.05) is 0 Å². The lowest BCUT2D eigenvalue weighted by Crippen LogP contribution is -2.04. The molecule has 14 heavy (non-hydrogen) atoms. The Balaban J connectivity index is 2.16. The lowest BCUT2D eigenvalue weighted by atomic mass is 9.89. The van der Waals surface area contributed by atoms with Crippen LogP contribution in [0.3, 0.4) is 0 Å². The highest BCUT2D eigenvalue weighted by Gasteiger charge is 2.19. The van der Waals surface area contributed by atoms with Crippen molar-refractivity contribution in [3.05, 3.63) is 34.7 Å². The van der Waals surface area contributed by atoms with Crippen LogP contribution in [0.5, 0.6) is 0 Å². The highest BCUT2D eigenvalue weighted by molar-refractivity contribution is 5.65. The first kappa shape index (κ1) is 8.10. The number of nitrogens with one attached hydrogen (secondary N) is 1. The third kappa shape index (κ3) is 1.08. The zero-order valence-corrected chi connectivity index (χ0v) is 8.51. The molecule has 1 unspecified atom stereocenters. The van der Waals surface area contributed by atoms with E-state index in [0.717, 1.165) is 0 Å². The normalized spacial score (nSPS) is 23.4. The minimum Gasteiger partial charge on any atom is -0.355 e. The second kappa shape index (κ2) is 2.88. The van der Waals surface area contributed by atoms with Crippen molar-refractivity contribution in [3.63, 3.8) is 0 Å². The molecule has 3 rings (SSSR count). The zero-order valence-electron chi connectivity index (χ0n) is 8.51. The SMILES string of the molecule is CC1C=Cc2[nH]c3c(c2C1)CCC=C3. The van der Waals surface area contributed by atoms with Crippen molar-refractivity contribution in [1.82, 2.24) is 4.98 Å². The number of rotatable bonds is 0. The molecular weight excluding hydrogens is 170 g/mol. The molecule has 1 aromatic rings. The summed E-state index contributed by atoms with van der Waals surface area (Å²) in [7, 11) is 0. The van der Waals surface area contributed by atoms with Crippen LogP contribution in [0.4, 0.5) is 0 Å². The zero-order chi connectivity index (χ0) is 9.54. The third-order valence-electron chi connectivity index (χ3n) is 3.25. The Bertz CT molecular complexity index is 421. The average molecular weight is 185 g/mol. The Labute approximate surface area is 84.5 Å². The van der Waals surface area contributed by atoms with Crippen LogP contribution >= 0.6 is 0 Å². The van der Waals surface area contributed by atoms with Gasteiger partial charge in [-0.1, -0.05) is 19.1 Å². The predicted molar refractivity (Wildman–Crippen MR) is 60.0 cm³/mol. The predicted octanol–water partition coefficient (Wildman–Crippen LogP) is 3.18. The maximum Gasteiger partial charge on any atom is 0.0417 e. The summed E-state index contributed by atoms with van der Waals surface area (Å²) < 4.78 is 0. The van der Waals surface area contributed by atoms with E-state index < -0.39 is 0 Å². The van der Waals surface area contributed by atoms with E-state index in [1.54, 1.807) is 11.1 Å². The largest absolute Gasteiger partial charge is 0.355 e. The van der Waals surface area contributed by atoms with E-state index in [0.29, 0.717) is 5.92 Å². The standard InChI is InChI=1S/C13H15N/c1-9-6-7-13-11(8-9)10-4-2-3-5-12(10)14-13/h3,5-7,9,14H,2,4,8H2,1H3. The summed E-state index contributed by atoms with van der Waals surface area (Å²) in [4.78, 5) is 3.50. The van der Waals surface area contributed by atoms with Gasteiger partial charge in [-0.05, 0) is 48.5 Å². The molecule has 0 aliphatic heterocycles. The molecule has 0 radical (unpaired) electrons. The van der Waals surface area contributed by atoms with Gasteiger partial charge in [0, 0.05) is 11.4 Å². The molecule has 0 aromatic carbocycles. The highest BCUT2D eigenvalue weighted by Crippen LogP contribution is 2.31. The minimum atomic E-state index is 0.702.